The zero-order chi connectivity index (χ0) is 19.4. The maximum absolute atomic E-state index is 12.8. The van der Waals surface area contributed by atoms with E-state index in [1.807, 2.05) is 6.92 Å². The van der Waals surface area contributed by atoms with Gasteiger partial charge in [-0.05, 0) is 44.2 Å². The van der Waals surface area contributed by atoms with Crippen LogP contribution in [0.4, 0.5) is 11.4 Å². The molecule has 3 unspecified atom stereocenters. The van der Waals surface area contributed by atoms with Gasteiger partial charge in [-0.15, -0.1) is 0 Å². The van der Waals surface area contributed by atoms with E-state index in [2.05, 4.69) is 5.32 Å². The van der Waals surface area contributed by atoms with Gasteiger partial charge in [-0.3, -0.25) is 19.1 Å². The minimum Gasteiger partial charge on any atom is -0.382 e. The molecule has 1 aliphatic heterocycles. The van der Waals surface area contributed by atoms with E-state index in [9.17, 15) is 19.1 Å². The molecule has 0 aromatic heterocycles. The van der Waals surface area contributed by atoms with Crippen LogP contribution in [0.25, 0.3) is 0 Å². The van der Waals surface area contributed by atoms with Gasteiger partial charge in [0, 0.05) is 52.7 Å². The van der Waals surface area contributed by atoms with Gasteiger partial charge < -0.3 is 10.2 Å². The van der Waals surface area contributed by atoms with E-state index in [-0.39, 0.29) is 28.4 Å². The average molecular weight is 394 g/mol. The largest absolute Gasteiger partial charge is 0.382 e. The minimum absolute atomic E-state index is 0.147. The Morgan fingerprint density at radius 2 is 2.04 bits per heavy atom. The number of amides is 1. The lowest BCUT2D eigenvalue weighted by atomic mass is 9.94. The first-order valence-electron chi connectivity index (χ1n) is 9.71. The molecule has 1 aliphatic carbocycles. The molecule has 0 spiro atoms. The number of carbonyl (C=O) groups is 1. The number of hydrogen-bond acceptors (Lipinski definition) is 5. The standard InChI is InChI=1S/C19H27N3O4S/c1-2-27(26)16-7-5-6-14(12-16)20-15-8-9-18(22(24)25)17(13-15)19(23)21-10-3-4-11-21/h8-9,13-14,16,20H,2-7,10-12H2,1H3. The second-order valence-electron chi connectivity index (χ2n) is 7.29. The summed E-state index contributed by atoms with van der Waals surface area (Å²) in [5.74, 6) is 0.403. The third-order valence-electron chi connectivity index (χ3n) is 5.47. The van der Waals surface area contributed by atoms with Crippen molar-refractivity contribution in [2.45, 2.75) is 56.7 Å². The highest BCUT2D eigenvalue weighted by molar-refractivity contribution is 7.85. The molecule has 0 radical (unpaired) electrons. The van der Waals surface area contributed by atoms with E-state index in [0.717, 1.165) is 44.2 Å². The number of benzene rings is 1. The van der Waals surface area contributed by atoms with Crippen molar-refractivity contribution in [3.63, 3.8) is 0 Å². The smallest absolute Gasteiger partial charge is 0.282 e. The van der Waals surface area contributed by atoms with Crippen LogP contribution in [-0.2, 0) is 10.8 Å². The maximum Gasteiger partial charge on any atom is 0.282 e. The van der Waals surface area contributed by atoms with Crippen molar-refractivity contribution in [2.75, 3.05) is 24.2 Å². The normalized spacial score (nSPS) is 23.8. The molecule has 1 amide bonds. The molecular weight excluding hydrogens is 366 g/mol. The first-order chi connectivity index (χ1) is 13.0. The van der Waals surface area contributed by atoms with E-state index in [1.165, 1.54) is 6.07 Å². The fourth-order valence-electron chi connectivity index (χ4n) is 4.03. The number of nitrogens with zero attached hydrogens (tertiary/aromatic N) is 2. The van der Waals surface area contributed by atoms with E-state index in [4.69, 9.17) is 0 Å². The van der Waals surface area contributed by atoms with Gasteiger partial charge in [-0.1, -0.05) is 13.3 Å². The molecule has 3 rings (SSSR count). The zero-order valence-electron chi connectivity index (χ0n) is 15.7. The summed E-state index contributed by atoms with van der Waals surface area (Å²) in [5.41, 5.74) is 0.721. The lowest BCUT2D eigenvalue weighted by Gasteiger charge is -2.30. The van der Waals surface area contributed by atoms with E-state index in [0.29, 0.717) is 18.8 Å². The van der Waals surface area contributed by atoms with Gasteiger partial charge in [-0.2, -0.15) is 0 Å². The fraction of sp³-hybridized carbons (Fsp3) is 0.632. The number of anilines is 1. The molecule has 2 aliphatic rings. The van der Waals surface area contributed by atoms with Crippen LogP contribution in [0.5, 0.6) is 0 Å². The van der Waals surface area contributed by atoms with E-state index < -0.39 is 15.7 Å². The molecule has 27 heavy (non-hydrogen) atoms. The Labute approximate surface area is 162 Å². The number of nitro groups is 1. The monoisotopic (exact) mass is 393 g/mol. The third kappa shape index (κ3) is 4.66. The van der Waals surface area contributed by atoms with Crippen molar-refractivity contribution in [1.82, 2.24) is 4.90 Å². The second-order valence-corrected chi connectivity index (χ2v) is 9.29. The van der Waals surface area contributed by atoms with Crippen molar-refractivity contribution >= 4 is 28.1 Å². The molecule has 7 nitrogen and oxygen atoms in total. The lowest BCUT2D eigenvalue weighted by molar-refractivity contribution is -0.385. The van der Waals surface area contributed by atoms with Crippen molar-refractivity contribution < 1.29 is 13.9 Å². The number of rotatable bonds is 6. The molecule has 2 fully saturated rings. The highest BCUT2D eigenvalue weighted by atomic mass is 32.2. The van der Waals surface area contributed by atoms with Crippen LogP contribution < -0.4 is 5.32 Å². The van der Waals surface area contributed by atoms with Crippen LogP contribution in [0.3, 0.4) is 0 Å². The summed E-state index contributed by atoms with van der Waals surface area (Å²) >= 11 is 0. The van der Waals surface area contributed by atoms with Gasteiger partial charge in [0.15, 0.2) is 0 Å². The van der Waals surface area contributed by atoms with E-state index in [1.54, 1.807) is 17.0 Å². The molecule has 8 heteroatoms. The van der Waals surface area contributed by atoms with Crippen molar-refractivity contribution in [3.05, 3.63) is 33.9 Å². The van der Waals surface area contributed by atoms with Gasteiger partial charge >= 0.3 is 0 Å². The van der Waals surface area contributed by atoms with Crippen LogP contribution in [-0.4, -0.2) is 50.1 Å². The lowest BCUT2D eigenvalue weighted by Crippen LogP contribution is -2.33. The van der Waals surface area contributed by atoms with Gasteiger partial charge in [0.25, 0.3) is 11.6 Å². The number of nitro benzene ring substituents is 1. The van der Waals surface area contributed by atoms with Gasteiger partial charge in [0.05, 0.1) is 4.92 Å². The third-order valence-corrected chi connectivity index (χ3v) is 7.21. The number of carbonyl (C=O) groups excluding carboxylic acids is 1. The summed E-state index contributed by atoms with van der Waals surface area (Å²) in [7, 11) is -0.806. The van der Waals surface area contributed by atoms with Gasteiger partial charge in [-0.25, -0.2) is 0 Å². The summed E-state index contributed by atoms with van der Waals surface area (Å²) in [6.45, 7) is 3.25. The summed E-state index contributed by atoms with van der Waals surface area (Å²) < 4.78 is 12.1. The molecule has 1 saturated heterocycles. The molecule has 3 atom stereocenters. The van der Waals surface area contributed by atoms with Crippen molar-refractivity contribution in [3.8, 4) is 0 Å². The van der Waals surface area contributed by atoms with Gasteiger partial charge in [0.2, 0.25) is 0 Å². The second kappa shape index (κ2) is 8.82. The topological polar surface area (TPSA) is 92.5 Å². The predicted molar refractivity (Wildman–Crippen MR) is 107 cm³/mol. The highest BCUT2D eigenvalue weighted by Crippen LogP contribution is 2.29. The van der Waals surface area contributed by atoms with Crippen LogP contribution in [0, 0.1) is 10.1 Å². The maximum atomic E-state index is 12.8. The molecule has 1 heterocycles. The Balaban J connectivity index is 1.78. The minimum atomic E-state index is -0.806. The molecular formula is C19H27N3O4S. The molecule has 1 aromatic rings. The zero-order valence-corrected chi connectivity index (χ0v) is 16.5. The van der Waals surface area contributed by atoms with Crippen LogP contribution in [0.15, 0.2) is 18.2 Å². The fourth-order valence-corrected chi connectivity index (χ4v) is 5.38. The first-order valence-corrected chi connectivity index (χ1v) is 11.1. The quantitative estimate of drug-likeness (QED) is 0.591. The number of hydrogen-bond donors (Lipinski definition) is 1. The van der Waals surface area contributed by atoms with Crippen molar-refractivity contribution in [2.24, 2.45) is 0 Å². The van der Waals surface area contributed by atoms with Gasteiger partial charge in [0.1, 0.15) is 5.56 Å². The average Bonchev–Trinajstić information content (AvgIpc) is 3.21. The Morgan fingerprint density at radius 3 is 2.70 bits per heavy atom. The number of nitrogens with one attached hydrogen (secondary N) is 1. The molecule has 148 valence electrons. The molecule has 1 N–H and O–H groups in total. The molecule has 1 saturated carbocycles. The first kappa shape index (κ1) is 19.8. The van der Waals surface area contributed by atoms with Crippen LogP contribution >= 0.6 is 0 Å². The Bertz CT molecular complexity index is 734. The highest BCUT2D eigenvalue weighted by Gasteiger charge is 2.29. The predicted octanol–water partition coefficient (Wildman–Crippen LogP) is 3.32. The van der Waals surface area contributed by atoms with Crippen molar-refractivity contribution in [1.29, 1.82) is 0 Å². The molecule has 1 aromatic carbocycles. The Morgan fingerprint density at radius 1 is 1.30 bits per heavy atom. The van der Waals surface area contributed by atoms with Crippen LogP contribution in [0.2, 0.25) is 0 Å². The summed E-state index contributed by atoms with van der Waals surface area (Å²) in [4.78, 5) is 25.3. The Kier molecular flexibility index (Phi) is 6.46. The molecule has 0 bridgehead atoms. The number of likely N-dealkylation sites (tertiary alicyclic amines) is 1. The summed E-state index contributed by atoms with van der Waals surface area (Å²) in [6.07, 6.45) is 5.68. The van der Waals surface area contributed by atoms with Crippen LogP contribution in [0.1, 0.15) is 55.8 Å². The van der Waals surface area contributed by atoms with E-state index >= 15 is 0 Å². The summed E-state index contributed by atoms with van der Waals surface area (Å²) in [5, 5.41) is 15.0. The Hall–Kier alpha value is -1.96. The SMILES string of the molecule is CCS(=O)C1CCCC(Nc2ccc([N+](=O)[O-])c(C(=O)N3CCCC3)c2)C1. The summed E-state index contributed by atoms with van der Waals surface area (Å²) in [6, 6.07) is 4.87.